The summed E-state index contributed by atoms with van der Waals surface area (Å²) in [4.78, 5) is 11.7. The first-order chi connectivity index (χ1) is 14.2. The molecule has 0 saturated heterocycles. The summed E-state index contributed by atoms with van der Waals surface area (Å²) in [6, 6.07) is 0. The van der Waals surface area contributed by atoms with Crippen molar-refractivity contribution in [3.05, 3.63) is 12.2 Å². The molecule has 2 nitrogen and oxygen atoms in total. The topological polar surface area (TPSA) is 29.1 Å². The second kappa shape index (κ2) is 23.5. The molecule has 1 N–H and O–H groups in total. The normalized spacial score (nSPS) is 11.6. The van der Waals surface area contributed by atoms with Crippen LogP contribution in [0.1, 0.15) is 143 Å². The van der Waals surface area contributed by atoms with Gasteiger partial charge in [0.15, 0.2) is 0 Å². The highest BCUT2D eigenvalue weighted by molar-refractivity contribution is 5.75. The molecule has 0 aromatic carbocycles. The number of carbonyl (C=O) groups is 1. The van der Waals surface area contributed by atoms with E-state index >= 15 is 0 Å². The minimum Gasteiger partial charge on any atom is -0.356 e. The molecule has 0 aromatic heterocycles. The smallest absolute Gasteiger partial charge is 0.219 e. The minimum absolute atomic E-state index is 0.242. The number of hydrogen-bond acceptors (Lipinski definition) is 1. The zero-order chi connectivity index (χ0) is 21.4. The van der Waals surface area contributed by atoms with E-state index < -0.39 is 0 Å². The maximum Gasteiger partial charge on any atom is 0.219 e. The largest absolute Gasteiger partial charge is 0.356 e. The van der Waals surface area contributed by atoms with Crippen molar-refractivity contribution in [1.82, 2.24) is 5.32 Å². The van der Waals surface area contributed by atoms with Gasteiger partial charge in [-0.05, 0) is 44.4 Å². The molecular formula is C27H53NO. The summed E-state index contributed by atoms with van der Waals surface area (Å²) in [5.41, 5.74) is 0. The van der Waals surface area contributed by atoms with Crippen LogP contribution in [0, 0.1) is 5.92 Å². The van der Waals surface area contributed by atoms with Gasteiger partial charge in [-0.3, -0.25) is 4.79 Å². The summed E-state index contributed by atoms with van der Waals surface area (Å²) in [6.45, 7) is 7.51. The maximum atomic E-state index is 11.7. The van der Waals surface area contributed by atoms with E-state index in [0.717, 1.165) is 19.4 Å². The average molecular weight is 408 g/mol. The molecule has 0 fully saturated rings. The van der Waals surface area contributed by atoms with Crippen molar-refractivity contribution in [3.63, 3.8) is 0 Å². The molecule has 172 valence electrons. The quantitative estimate of drug-likeness (QED) is 0.141. The van der Waals surface area contributed by atoms with Crippen LogP contribution in [0.4, 0.5) is 0 Å². The predicted molar refractivity (Wildman–Crippen MR) is 130 cm³/mol. The third-order valence-corrected chi connectivity index (χ3v) is 5.71. The monoisotopic (exact) mass is 407 g/mol. The molecule has 0 bridgehead atoms. The van der Waals surface area contributed by atoms with Gasteiger partial charge < -0.3 is 5.32 Å². The van der Waals surface area contributed by atoms with E-state index in [0.29, 0.717) is 12.3 Å². The number of carbonyl (C=O) groups excluding carboxylic acids is 1. The third kappa shape index (κ3) is 25.2. The zero-order valence-corrected chi connectivity index (χ0v) is 20.3. The van der Waals surface area contributed by atoms with Gasteiger partial charge in [0.25, 0.3) is 0 Å². The molecule has 0 heterocycles. The van der Waals surface area contributed by atoms with E-state index in [1.54, 1.807) is 0 Å². The van der Waals surface area contributed by atoms with Crippen LogP contribution in [0.2, 0.25) is 0 Å². The first-order valence-corrected chi connectivity index (χ1v) is 13.1. The van der Waals surface area contributed by atoms with Gasteiger partial charge in [-0.2, -0.15) is 0 Å². The van der Waals surface area contributed by atoms with Crippen LogP contribution in [-0.2, 0) is 4.79 Å². The van der Waals surface area contributed by atoms with Gasteiger partial charge in [0.1, 0.15) is 0 Å². The molecule has 29 heavy (non-hydrogen) atoms. The Morgan fingerprint density at radius 1 is 0.690 bits per heavy atom. The van der Waals surface area contributed by atoms with Crippen LogP contribution in [0.15, 0.2) is 12.2 Å². The van der Waals surface area contributed by atoms with Crippen LogP contribution in [-0.4, -0.2) is 12.5 Å². The summed E-state index contributed by atoms with van der Waals surface area (Å²) in [5, 5.41) is 3.03. The zero-order valence-electron chi connectivity index (χ0n) is 20.3. The molecule has 1 amide bonds. The Morgan fingerprint density at radius 3 is 1.62 bits per heavy atom. The van der Waals surface area contributed by atoms with Crippen molar-refractivity contribution in [2.75, 3.05) is 6.54 Å². The van der Waals surface area contributed by atoms with Crippen LogP contribution in [0.25, 0.3) is 0 Å². The highest BCUT2D eigenvalue weighted by Gasteiger charge is 2.01. The fraction of sp³-hybridized carbons (Fsp3) is 0.889. The summed E-state index contributed by atoms with van der Waals surface area (Å²) in [5.74, 6) is 0.911. The van der Waals surface area contributed by atoms with Gasteiger partial charge in [0, 0.05) is 13.0 Å². The Bertz CT molecular complexity index is 362. The number of hydrogen-bond donors (Lipinski definition) is 1. The van der Waals surface area contributed by atoms with Crippen LogP contribution >= 0.6 is 0 Å². The molecule has 0 radical (unpaired) electrons. The standard InChI is InChI=1S/C27H53NO/c1-4-5-6-7-8-9-10-11-12-13-14-15-16-17-18-19-20-21-22-23-27(29)28-25-24-26(2)3/h11-12,26H,4-10,13-25H2,1-3H3,(H,28,29)/b12-11-. The average Bonchev–Trinajstić information content (AvgIpc) is 2.69. The number of unbranched alkanes of at least 4 members (excludes halogenated alkanes) is 15. The van der Waals surface area contributed by atoms with E-state index in [1.165, 1.54) is 103 Å². The molecule has 0 aliphatic heterocycles. The van der Waals surface area contributed by atoms with Crippen LogP contribution < -0.4 is 5.32 Å². The van der Waals surface area contributed by atoms with E-state index in [4.69, 9.17) is 0 Å². The number of amides is 1. The van der Waals surface area contributed by atoms with Crippen molar-refractivity contribution < 1.29 is 4.79 Å². The predicted octanol–water partition coefficient (Wildman–Crippen LogP) is 8.75. The molecule has 0 atom stereocenters. The maximum absolute atomic E-state index is 11.7. The van der Waals surface area contributed by atoms with E-state index in [9.17, 15) is 4.79 Å². The molecule has 0 aliphatic rings. The Labute approximate surface area is 183 Å². The van der Waals surface area contributed by atoms with Crippen molar-refractivity contribution in [3.8, 4) is 0 Å². The third-order valence-electron chi connectivity index (χ3n) is 5.71. The molecule has 2 heteroatoms. The van der Waals surface area contributed by atoms with E-state index in [1.807, 2.05) is 0 Å². The number of allylic oxidation sites excluding steroid dienone is 2. The summed E-state index contributed by atoms with van der Waals surface area (Å²) in [6.07, 6.45) is 29.4. The Kier molecular flexibility index (Phi) is 22.8. The lowest BCUT2D eigenvalue weighted by Crippen LogP contribution is -2.24. The Hall–Kier alpha value is -0.790. The second-order valence-corrected chi connectivity index (χ2v) is 9.28. The lowest BCUT2D eigenvalue weighted by molar-refractivity contribution is -0.121. The van der Waals surface area contributed by atoms with Crippen molar-refractivity contribution in [1.29, 1.82) is 0 Å². The number of rotatable bonds is 22. The number of nitrogens with one attached hydrogen (secondary N) is 1. The Morgan fingerprint density at radius 2 is 1.14 bits per heavy atom. The minimum atomic E-state index is 0.242. The van der Waals surface area contributed by atoms with Crippen LogP contribution in [0.3, 0.4) is 0 Å². The molecular weight excluding hydrogens is 354 g/mol. The highest BCUT2D eigenvalue weighted by atomic mass is 16.1. The van der Waals surface area contributed by atoms with Crippen molar-refractivity contribution in [2.24, 2.45) is 5.92 Å². The first-order valence-electron chi connectivity index (χ1n) is 13.1. The summed E-state index contributed by atoms with van der Waals surface area (Å²) >= 11 is 0. The fourth-order valence-corrected chi connectivity index (χ4v) is 3.65. The van der Waals surface area contributed by atoms with E-state index in [-0.39, 0.29) is 5.91 Å². The molecule has 0 spiro atoms. The van der Waals surface area contributed by atoms with Crippen LogP contribution in [0.5, 0.6) is 0 Å². The summed E-state index contributed by atoms with van der Waals surface area (Å²) < 4.78 is 0. The fourth-order valence-electron chi connectivity index (χ4n) is 3.65. The molecule has 0 aromatic rings. The van der Waals surface area contributed by atoms with Gasteiger partial charge in [0.2, 0.25) is 5.91 Å². The van der Waals surface area contributed by atoms with Gasteiger partial charge >= 0.3 is 0 Å². The van der Waals surface area contributed by atoms with Crippen molar-refractivity contribution in [2.45, 2.75) is 143 Å². The van der Waals surface area contributed by atoms with Gasteiger partial charge in [-0.25, -0.2) is 0 Å². The lowest BCUT2D eigenvalue weighted by Gasteiger charge is -2.07. The van der Waals surface area contributed by atoms with Gasteiger partial charge in [-0.15, -0.1) is 0 Å². The molecule has 0 unspecified atom stereocenters. The first kappa shape index (κ1) is 28.2. The second-order valence-electron chi connectivity index (χ2n) is 9.28. The SMILES string of the molecule is CCCCCCCC/C=C\CCCCCCCCCCCC(=O)NCCC(C)C. The molecule has 0 aliphatic carbocycles. The molecule has 0 saturated carbocycles. The van der Waals surface area contributed by atoms with Crippen molar-refractivity contribution >= 4 is 5.91 Å². The lowest BCUT2D eigenvalue weighted by atomic mass is 10.1. The highest BCUT2D eigenvalue weighted by Crippen LogP contribution is 2.12. The summed E-state index contributed by atoms with van der Waals surface area (Å²) in [7, 11) is 0. The Balaban J connectivity index is 3.16. The van der Waals surface area contributed by atoms with Gasteiger partial charge in [-0.1, -0.05) is 110 Å². The van der Waals surface area contributed by atoms with Gasteiger partial charge in [0.05, 0.1) is 0 Å². The molecule has 0 rings (SSSR count). The van der Waals surface area contributed by atoms with E-state index in [2.05, 4.69) is 38.2 Å².